The van der Waals surface area contributed by atoms with Crippen LogP contribution in [0.25, 0.3) is 0 Å². The summed E-state index contributed by atoms with van der Waals surface area (Å²) in [6, 6.07) is 9.70. The molecule has 6 rings (SSSR count). The highest BCUT2D eigenvalue weighted by atomic mass is 16.6. The number of methoxy groups -OCH3 is 1. The molecule has 2 unspecified atom stereocenters. The summed E-state index contributed by atoms with van der Waals surface area (Å²) in [5, 5.41) is 13.9. The van der Waals surface area contributed by atoms with Crippen molar-refractivity contribution in [1.29, 1.82) is 0 Å². The minimum atomic E-state index is -0.181. The first-order chi connectivity index (χ1) is 17.1. The quantitative estimate of drug-likeness (QED) is 0.520. The van der Waals surface area contributed by atoms with Crippen molar-refractivity contribution in [2.24, 2.45) is 9.98 Å². The molecule has 1 saturated carbocycles. The lowest BCUT2D eigenvalue weighted by Crippen LogP contribution is -2.55. The number of aliphatic imine (C=N–C) groups is 2. The van der Waals surface area contributed by atoms with Gasteiger partial charge in [0.2, 0.25) is 5.96 Å². The van der Waals surface area contributed by atoms with E-state index < -0.39 is 0 Å². The molecule has 1 aromatic rings. The van der Waals surface area contributed by atoms with E-state index in [0.717, 1.165) is 50.3 Å². The molecule has 5 aliphatic rings. The largest absolute Gasteiger partial charge is 0.378 e. The molecule has 0 radical (unpaired) electrons. The molecule has 10 heteroatoms. The van der Waals surface area contributed by atoms with Crippen molar-refractivity contribution in [2.45, 2.75) is 38.0 Å². The van der Waals surface area contributed by atoms with Gasteiger partial charge < -0.3 is 30.1 Å². The number of hydrogen-bond acceptors (Lipinski definition) is 9. The summed E-state index contributed by atoms with van der Waals surface area (Å²) >= 11 is 0. The molecular formula is C25H38N6O4. The highest BCUT2D eigenvalue weighted by molar-refractivity contribution is 6.16. The summed E-state index contributed by atoms with van der Waals surface area (Å²) in [5.74, 6) is 0.647. The maximum Gasteiger partial charge on any atom is 0.254 e. The van der Waals surface area contributed by atoms with Crippen LogP contribution < -0.4 is 10.6 Å². The fourth-order valence-electron chi connectivity index (χ4n) is 4.12. The summed E-state index contributed by atoms with van der Waals surface area (Å²) in [4.78, 5) is 25.5. The monoisotopic (exact) mass is 486 g/mol. The van der Waals surface area contributed by atoms with Gasteiger partial charge in [-0.2, -0.15) is 0 Å². The second-order valence-corrected chi connectivity index (χ2v) is 9.11. The summed E-state index contributed by atoms with van der Waals surface area (Å²) in [7, 11) is 1.43. The predicted molar refractivity (Wildman–Crippen MR) is 136 cm³/mol. The number of piperazine rings is 1. The first-order valence-corrected chi connectivity index (χ1v) is 12.2. The summed E-state index contributed by atoms with van der Waals surface area (Å²) in [5.41, 5.74) is 2.90. The topological polar surface area (TPSA) is 111 Å². The third kappa shape index (κ3) is 6.96. The van der Waals surface area contributed by atoms with Crippen molar-refractivity contribution >= 4 is 18.1 Å². The van der Waals surface area contributed by atoms with E-state index in [2.05, 4.69) is 30.3 Å². The van der Waals surface area contributed by atoms with Gasteiger partial charge in [0.25, 0.3) is 5.91 Å². The summed E-state index contributed by atoms with van der Waals surface area (Å²) in [6.07, 6.45) is 4.55. The van der Waals surface area contributed by atoms with E-state index in [4.69, 9.17) is 9.84 Å². The summed E-state index contributed by atoms with van der Waals surface area (Å²) < 4.78 is 9.22. The zero-order valence-electron chi connectivity index (χ0n) is 20.5. The van der Waals surface area contributed by atoms with Gasteiger partial charge in [0.05, 0.1) is 36.9 Å². The van der Waals surface area contributed by atoms with E-state index >= 15 is 0 Å². The molecule has 0 bridgehead atoms. The Morgan fingerprint density at radius 1 is 1.29 bits per heavy atom. The number of hydrogen-bond donors (Lipinski definition) is 3. The predicted octanol–water partition coefficient (Wildman–Crippen LogP) is 0.511. The van der Waals surface area contributed by atoms with Crippen LogP contribution in [0.1, 0.15) is 19.0 Å². The van der Waals surface area contributed by atoms with Crippen molar-refractivity contribution in [3.63, 3.8) is 0 Å². The summed E-state index contributed by atoms with van der Waals surface area (Å²) in [6.45, 7) is 9.01. The average molecular weight is 487 g/mol. The van der Waals surface area contributed by atoms with Gasteiger partial charge in [0, 0.05) is 53.7 Å². The van der Waals surface area contributed by atoms with Gasteiger partial charge in [-0.05, 0) is 18.9 Å². The third-order valence-electron chi connectivity index (χ3n) is 6.44. The highest BCUT2D eigenvalue weighted by Gasteiger charge is 2.49. The molecule has 2 saturated heterocycles. The van der Waals surface area contributed by atoms with Crippen molar-refractivity contribution in [2.75, 3.05) is 53.3 Å². The molecule has 3 fully saturated rings. The van der Waals surface area contributed by atoms with E-state index in [1.165, 1.54) is 25.8 Å². The maximum absolute atomic E-state index is 12.2. The number of guanidine groups is 1. The number of aryl methyl sites for hydroxylation is 1. The number of aliphatic hydroxyl groups is 1. The minimum absolute atomic E-state index is 0. The van der Waals surface area contributed by atoms with E-state index in [1.54, 1.807) is 6.21 Å². The van der Waals surface area contributed by atoms with Gasteiger partial charge in [-0.1, -0.05) is 29.8 Å². The molecule has 2 atom stereocenters. The molecule has 3 N–H and O–H groups in total. The Morgan fingerprint density at radius 2 is 2.00 bits per heavy atom. The van der Waals surface area contributed by atoms with E-state index in [0.29, 0.717) is 24.2 Å². The Kier molecular flexibility index (Phi) is 9.00. The maximum atomic E-state index is 12.2. The smallest absolute Gasteiger partial charge is 0.254 e. The first kappa shape index (κ1) is 25.5. The molecule has 192 valence electrons. The van der Waals surface area contributed by atoms with Crippen LogP contribution in [0.15, 0.2) is 46.0 Å². The fraction of sp³-hybridized carbons (Fsp3) is 0.560. The van der Waals surface area contributed by atoms with Gasteiger partial charge >= 0.3 is 0 Å². The van der Waals surface area contributed by atoms with E-state index in [-0.39, 0.29) is 14.1 Å². The van der Waals surface area contributed by atoms with Crippen molar-refractivity contribution in [3.05, 3.63) is 47.2 Å². The van der Waals surface area contributed by atoms with E-state index in [9.17, 15) is 4.79 Å². The lowest BCUT2D eigenvalue weighted by atomic mass is 10.1. The number of nitrogens with one attached hydrogen (secondary N) is 2. The number of rotatable bonds is 5. The van der Waals surface area contributed by atoms with Crippen LogP contribution in [0.5, 0.6) is 0 Å². The Labute approximate surface area is 208 Å². The second-order valence-electron chi connectivity index (χ2n) is 9.11. The Hall–Kier alpha value is -2.63. The van der Waals surface area contributed by atoms with Crippen molar-refractivity contribution in [3.8, 4) is 0 Å². The van der Waals surface area contributed by atoms with Crippen LogP contribution in [0.4, 0.5) is 0 Å². The van der Waals surface area contributed by atoms with Crippen LogP contribution in [0, 0.1) is 6.92 Å². The molecule has 1 aromatic carbocycles. The van der Waals surface area contributed by atoms with Crippen LogP contribution in [0.3, 0.4) is 0 Å². The molecule has 1 amide bonds. The average Bonchev–Trinajstić information content (AvgIpc) is 3.54. The Morgan fingerprint density at radius 3 is 2.63 bits per heavy atom. The molecule has 1 aliphatic carbocycles. The first-order valence-electron chi connectivity index (χ1n) is 12.2. The van der Waals surface area contributed by atoms with E-state index in [1.807, 2.05) is 42.3 Å². The van der Waals surface area contributed by atoms with Gasteiger partial charge in [-0.25, -0.2) is 9.98 Å². The normalized spacial score (nSPS) is 24.4. The van der Waals surface area contributed by atoms with Crippen LogP contribution >= 0.6 is 0 Å². The molecular weight excluding hydrogens is 448 g/mol. The number of benzene rings is 1. The number of carbonyl (C=O) groups excluding carboxylic acids is 1. The number of amides is 1. The Bertz CT molecular complexity index is 942. The van der Waals surface area contributed by atoms with Crippen LogP contribution in [-0.2, 0) is 20.8 Å². The van der Waals surface area contributed by atoms with Gasteiger partial charge in [-0.15, -0.1) is 0 Å². The molecule has 4 aliphatic heterocycles. The number of carbonyl (C=O) groups is 1. The highest BCUT2D eigenvalue weighted by Crippen LogP contribution is 2.38. The van der Waals surface area contributed by atoms with Crippen molar-refractivity contribution in [1.82, 2.24) is 20.4 Å². The number of aliphatic hydroxyl groups excluding tert-OH is 1. The fourth-order valence-corrected chi connectivity index (χ4v) is 4.12. The molecule has 0 spiro atoms. The van der Waals surface area contributed by atoms with Crippen LogP contribution in [0.2, 0.25) is 0 Å². The van der Waals surface area contributed by atoms with Gasteiger partial charge in [-0.3, -0.25) is 9.69 Å². The number of ether oxygens (including phenoxy) is 2. The zero-order valence-corrected chi connectivity index (χ0v) is 20.5. The Balaban J connectivity index is 0.000000201. The second kappa shape index (κ2) is 12.4. The number of nitrogens with zero attached hydrogens (tertiary/aromatic N) is 4. The molecule has 35 heavy (non-hydrogen) atoms. The lowest BCUT2D eigenvalue weighted by Gasteiger charge is -2.39. The molecule has 0 aromatic heterocycles. The zero-order chi connectivity index (χ0) is 24.6. The lowest BCUT2D eigenvalue weighted by molar-refractivity contribution is -0.117. The number of fused-ring (bicyclic) bond motifs is 3. The van der Waals surface area contributed by atoms with Gasteiger partial charge in [0.15, 0.2) is 0 Å². The molecule has 10 nitrogen and oxygen atoms in total. The van der Waals surface area contributed by atoms with Crippen LogP contribution in [-0.4, -0.2) is 104 Å². The van der Waals surface area contributed by atoms with Gasteiger partial charge in [0.1, 0.15) is 6.79 Å². The standard InChI is InChI=1S/C16H16N4O.C7H14N2O.C2H6O2.H2/c1-10-2-4-11(5-3-10)7-17-15(21)12-8-18-16-19-13-6-14(13)20(16)9-12;1-3-9(4-2-8-1)7-5-10-6-7;1-4-2-3;/h2-5,8-9,13-14H,6-7H2,1H3,(H,17,21);7-8H,1-6H2;3H,2H2,1H3;1H. The minimum Gasteiger partial charge on any atom is -0.378 e. The molecule has 4 heterocycles. The SMILES string of the molecule is C1CN(C2COC2)CCN1.COCO.Cc1ccc(CNC(=O)C2=CN3C(=NC4CC43)N=C2)cc1.[HH]. The van der Waals surface area contributed by atoms with Crippen molar-refractivity contribution < 1.29 is 20.8 Å². The third-order valence-corrected chi connectivity index (χ3v) is 6.44.